The maximum atomic E-state index is 11.9. The largest absolute Gasteiger partial charge is 0.516 e. The first kappa shape index (κ1) is 8.66. The van der Waals surface area contributed by atoms with Crippen molar-refractivity contribution in [2.24, 2.45) is 0 Å². The van der Waals surface area contributed by atoms with Gasteiger partial charge in [0.15, 0.2) is 5.69 Å². The quantitative estimate of drug-likeness (QED) is 0.577. The molecule has 0 aliphatic carbocycles. The number of carbonyl (C=O) groups is 1. The lowest BCUT2D eigenvalue weighted by molar-refractivity contribution is 0.00578. The molecule has 0 radical (unpaired) electrons. The van der Waals surface area contributed by atoms with Crippen LogP contribution < -0.4 is 5.59 Å². The predicted octanol–water partition coefficient (Wildman–Crippen LogP) is 0.562. The topological polar surface area (TPSA) is 70.5 Å². The van der Waals surface area contributed by atoms with Crippen LogP contribution in [0.3, 0.4) is 0 Å². The number of ether oxygens (including phenoxy) is 1. The summed E-state index contributed by atoms with van der Waals surface area (Å²) in [4.78, 5) is 19.3. The van der Waals surface area contributed by atoms with Crippen LogP contribution >= 0.6 is 0 Å². The van der Waals surface area contributed by atoms with Gasteiger partial charge in [-0.15, -0.1) is 0 Å². The molecule has 0 N–H and O–H groups in total. The second kappa shape index (κ2) is 4.57. The van der Waals surface area contributed by atoms with Crippen LogP contribution in [-0.4, -0.2) is 41.3 Å². The van der Waals surface area contributed by atoms with Crippen LogP contribution in [0.4, 0.5) is 0 Å². The SMILES string of the molecule is [2H]c1nc([2H])c(C(=O)OC([2H])([2H])[2H])nc1B1OC(C)(C)C(C)(C)O1. The van der Waals surface area contributed by atoms with E-state index >= 15 is 0 Å². The maximum absolute atomic E-state index is 11.9. The molecule has 1 saturated heterocycles. The average Bonchev–Trinajstić information content (AvgIpc) is 2.55. The van der Waals surface area contributed by atoms with Crippen LogP contribution in [0.2, 0.25) is 0 Å². The summed E-state index contributed by atoms with van der Waals surface area (Å²) in [6.07, 6.45) is -1.06. The summed E-state index contributed by atoms with van der Waals surface area (Å²) in [7, 11) is -4.05. The lowest BCUT2D eigenvalue weighted by Gasteiger charge is -2.32. The minimum absolute atomic E-state index is 0.123. The van der Waals surface area contributed by atoms with E-state index in [0.717, 1.165) is 0 Å². The molecule has 0 unspecified atom stereocenters. The summed E-state index contributed by atoms with van der Waals surface area (Å²) in [5, 5.41) is 0. The highest BCUT2D eigenvalue weighted by molar-refractivity contribution is 6.61. The van der Waals surface area contributed by atoms with Crippen LogP contribution in [0.25, 0.3) is 0 Å². The molecule has 1 aromatic heterocycles. The minimum Gasteiger partial charge on any atom is -0.464 e. The van der Waals surface area contributed by atoms with Crippen LogP contribution in [0, 0.1) is 0 Å². The van der Waals surface area contributed by atoms with Gasteiger partial charge >= 0.3 is 13.1 Å². The van der Waals surface area contributed by atoms with E-state index in [1.54, 1.807) is 27.7 Å². The number of rotatable bonds is 2. The van der Waals surface area contributed by atoms with Gasteiger partial charge in [0.25, 0.3) is 0 Å². The minimum atomic E-state index is -2.98. The molecule has 1 aliphatic rings. The normalized spacial score (nSPS) is 24.8. The molecule has 0 saturated carbocycles. The molecule has 1 fully saturated rings. The first-order valence-electron chi connectivity index (χ1n) is 8.18. The Kier molecular flexibility index (Phi) is 2.08. The highest BCUT2D eigenvalue weighted by atomic mass is 16.7. The molecule has 0 amide bonds. The van der Waals surface area contributed by atoms with Crippen molar-refractivity contribution in [1.82, 2.24) is 9.97 Å². The summed E-state index contributed by atoms with van der Waals surface area (Å²) < 4.78 is 52.0. The first-order valence-corrected chi connectivity index (χ1v) is 5.68. The van der Waals surface area contributed by atoms with Gasteiger partial charge in [-0.1, -0.05) is 0 Å². The Hall–Kier alpha value is -1.47. The molecule has 2 heterocycles. The third-order valence-corrected chi connectivity index (χ3v) is 3.33. The van der Waals surface area contributed by atoms with Gasteiger partial charge in [0.05, 0.1) is 36.9 Å². The van der Waals surface area contributed by atoms with E-state index in [2.05, 4.69) is 14.7 Å². The van der Waals surface area contributed by atoms with Gasteiger partial charge < -0.3 is 14.0 Å². The number of hydrogen-bond donors (Lipinski definition) is 0. The Morgan fingerprint density at radius 2 is 2.00 bits per heavy atom. The Morgan fingerprint density at radius 1 is 1.37 bits per heavy atom. The van der Waals surface area contributed by atoms with Crippen LogP contribution in [0.1, 0.15) is 45.0 Å². The molecule has 2 rings (SSSR count). The molecule has 102 valence electrons. The molecule has 19 heavy (non-hydrogen) atoms. The third-order valence-electron chi connectivity index (χ3n) is 3.33. The van der Waals surface area contributed by atoms with Crippen molar-refractivity contribution in [3.63, 3.8) is 0 Å². The summed E-state index contributed by atoms with van der Waals surface area (Å²) >= 11 is 0. The molecule has 0 spiro atoms. The van der Waals surface area contributed by atoms with E-state index in [4.69, 9.17) is 16.2 Å². The molecule has 6 nitrogen and oxygen atoms in total. The highest BCUT2D eigenvalue weighted by Gasteiger charge is 2.52. The number of aromatic nitrogens is 2. The van der Waals surface area contributed by atoms with E-state index in [1.165, 1.54) is 0 Å². The number of hydrogen-bond acceptors (Lipinski definition) is 6. The molecule has 0 aromatic carbocycles. The van der Waals surface area contributed by atoms with E-state index < -0.39 is 49.4 Å². The highest BCUT2D eigenvalue weighted by Crippen LogP contribution is 2.36. The Morgan fingerprint density at radius 3 is 2.58 bits per heavy atom. The molecular weight excluding hydrogens is 247 g/mol. The van der Waals surface area contributed by atoms with Crippen LogP contribution in [0.5, 0.6) is 0 Å². The second-order valence-corrected chi connectivity index (χ2v) is 5.16. The standard InChI is InChI=1S/C12H17BN2O4/c1-11(2)12(3,4)19-13(18-11)9-7-14-6-8(15-9)10(16)17-5/h6-7H,1-5H3/i5D3,6D,7D. The third kappa shape index (κ3) is 2.48. The molecule has 0 bridgehead atoms. The van der Waals surface area contributed by atoms with Crippen molar-refractivity contribution in [2.75, 3.05) is 7.04 Å². The Labute approximate surface area is 119 Å². The molecular formula is C12H17BN2O4. The van der Waals surface area contributed by atoms with Gasteiger partial charge in [0, 0.05) is 6.17 Å². The van der Waals surface area contributed by atoms with Crippen molar-refractivity contribution < 1.29 is 25.7 Å². The zero-order chi connectivity index (χ0) is 18.5. The summed E-state index contributed by atoms with van der Waals surface area (Å²) in [5.74, 6) is -1.33. The van der Waals surface area contributed by atoms with Crippen molar-refractivity contribution in [1.29, 1.82) is 0 Å². The van der Waals surface area contributed by atoms with Gasteiger partial charge in [-0.25, -0.2) is 9.78 Å². The number of nitrogens with zero attached hydrogens (tertiary/aromatic N) is 2. The zero-order valence-corrected chi connectivity index (χ0v) is 11.1. The lowest BCUT2D eigenvalue weighted by atomic mass is 9.85. The molecule has 7 heteroatoms. The second-order valence-electron chi connectivity index (χ2n) is 5.16. The molecule has 1 aromatic rings. The fourth-order valence-electron chi connectivity index (χ4n) is 1.51. The van der Waals surface area contributed by atoms with Gasteiger partial charge in [-0.2, -0.15) is 0 Å². The summed E-state index contributed by atoms with van der Waals surface area (Å²) in [6, 6.07) is 0. The first-order chi connectivity index (χ1) is 10.7. The van der Waals surface area contributed by atoms with Crippen LogP contribution in [0.15, 0.2) is 12.3 Å². The fourth-order valence-corrected chi connectivity index (χ4v) is 1.51. The number of methoxy groups -OCH3 is 1. The van der Waals surface area contributed by atoms with E-state index in [0.29, 0.717) is 0 Å². The number of esters is 1. The maximum Gasteiger partial charge on any atom is 0.516 e. The monoisotopic (exact) mass is 269 g/mol. The van der Waals surface area contributed by atoms with E-state index in [1.807, 2.05) is 0 Å². The van der Waals surface area contributed by atoms with Gasteiger partial charge in [0.2, 0.25) is 0 Å². The van der Waals surface area contributed by atoms with E-state index in [-0.39, 0.29) is 5.59 Å². The number of carbonyl (C=O) groups excluding carboxylic acids is 1. The fraction of sp³-hybridized carbons (Fsp3) is 0.583. The van der Waals surface area contributed by atoms with Crippen LogP contribution in [-0.2, 0) is 14.0 Å². The van der Waals surface area contributed by atoms with Crippen molar-refractivity contribution in [2.45, 2.75) is 38.9 Å². The van der Waals surface area contributed by atoms with Crippen molar-refractivity contribution in [3.05, 3.63) is 18.0 Å². The smallest absolute Gasteiger partial charge is 0.464 e. The lowest BCUT2D eigenvalue weighted by Crippen LogP contribution is -2.41. The molecule has 0 atom stereocenters. The van der Waals surface area contributed by atoms with Crippen molar-refractivity contribution in [3.8, 4) is 0 Å². The molecule has 1 aliphatic heterocycles. The summed E-state index contributed by atoms with van der Waals surface area (Å²) in [6.45, 7) is 7.19. The Bertz CT molecular complexity index is 664. The van der Waals surface area contributed by atoms with Gasteiger partial charge in [-0.3, -0.25) is 4.98 Å². The van der Waals surface area contributed by atoms with E-state index in [9.17, 15) is 4.79 Å². The van der Waals surface area contributed by atoms with Gasteiger partial charge in [-0.05, 0) is 27.7 Å². The van der Waals surface area contributed by atoms with Gasteiger partial charge in [0.1, 0.15) is 0 Å². The predicted molar refractivity (Wildman–Crippen MR) is 69.1 cm³/mol. The van der Waals surface area contributed by atoms with Crippen molar-refractivity contribution >= 4 is 18.7 Å². The average molecular weight is 269 g/mol. The summed E-state index contributed by atoms with van der Waals surface area (Å²) in [5.41, 5.74) is -2.15. The Balaban J connectivity index is 2.40. The zero-order valence-electron chi connectivity index (χ0n) is 16.1.